The SMILES string of the molecule is O=C(NO)c1ccc(C(=O)N[C@H](C(=O)Nc2cccc(Br)c2)c2c[nH]c3ccccc23)cc1. The Bertz CT molecular complexity index is 1330. The van der Waals surface area contributed by atoms with Gasteiger partial charge in [0.15, 0.2) is 0 Å². The third-order valence-electron chi connectivity index (χ3n) is 5.07. The minimum atomic E-state index is -0.993. The van der Waals surface area contributed by atoms with Crippen molar-refractivity contribution in [2.45, 2.75) is 6.04 Å². The minimum Gasteiger partial charge on any atom is -0.361 e. The first kappa shape index (κ1) is 22.3. The summed E-state index contributed by atoms with van der Waals surface area (Å²) < 4.78 is 0.806. The van der Waals surface area contributed by atoms with Gasteiger partial charge in [-0.1, -0.05) is 40.2 Å². The molecule has 166 valence electrons. The van der Waals surface area contributed by atoms with Gasteiger partial charge in [-0.25, -0.2) is 5.48 Å². The summed E-state index contributed by atoms with van der Waals surface area (Å²) in [5.41, 5.74) is 4.01. The molecule has 0 aliphatic rings. The van der Waals surface area contributed by atoms with Crippen LogP contribution in [0.4, 0.5) is 5.69 Å². The summed E-state index contributed by atoms with van der Waals surface area (Å²) in [6.07, 6.45) is 1.70. The zero-order chi connectivity index (χ0) is 23.4. The average molecular weight is 507 g/mol. The van der Waals surface area contributed by atoms with E-state index in [1.807, 2.05) is 30.3 Å². The van der Waals surface area contributed by atoms with Crippen molar-refractivity contribution < 1.29 is 19.6 Å². The zero-order valence-corrected chi connectivity index (χ0v) is 18.7. The average Bonchev–Trinajstić information content (AvgIpc) is 3.26. The lowest BCUT2D eigenvalue weighted by Gasteiger charge is -2.19. The number of halogens is 1. The van der Waals surface area contributed by atoms with E-state index in [4.69, 9.17) is 5.21 Å². The van der Waals surface area contributed by atoms with E-state index in [1.54, 1.807) is 29.9 Å². The van der Waals surface area contributed by atoms with Gasteiger partial charge in [0, 0.05) is 44.0 Å². The second-order valence-corrected chi connectivity index (χ2v) is 8.13. The molecule has 9 heteroatoms. The molecular weight excluding hydrogens is 488 g/mol. The summed E-state index contributed by atoms with van der Waals surface area (Å²) in [5, 5.41) is 15.2. The number of amides is 3. The molecule has 0 saturated heterocycles. The van der Waals surface area contributed by atoms with Crippen molar-refractivity contribution in [1.29, 1.82) is 0 Å². The Kier molecular flexibility index (Phi) is 6.53. The van der Waals surface area contributed by atoms with Crippen LogP contribution in [0.5, 0.6) is 0 Å². The maximum Gasteiger partial charge on any atom is 0.274 e. The highest BCUT2D eigenvalue weighted by Crippen LogP contribution is 2.26. The van der Waals surface area contributed by atoms with Crippen LogP contribution in [0.25, 0.3) is 10.9 Å². The van der Waals surface area contributed by atoms with Gasteiger partial charge < -0.3 is 15.6 Å². The largest absolute Gasteiger partial charge is 0.361 e. The van der Waals surface area contributed by atoms with Crippen LogP contribution in [0.3, 0.4) is 0 Å². The predicted molar refractivity (Wildman–Crippen MR) is 127 cm³/mol. The van der Waals surface area contributed by atoms with Crippen LogP contribution < -0.4 is 16.1 Å². The van der Waals surface area contributed by atoms with E-state index in [-0.39, 0.29) is 11.1 Å². The lowest BCUT2D eigenvalue weighted by Crippen LogP contribution is -2.37. The summed E-state index contributed by atoms with van der Waals surface area (Å²) in [6.45, 7) is 0. The van der Waals surface area contributed by atoms with Gasteiger partial charge in [-0.05, 0) is 48.5 Å². The van der Waals surface area contributed by atoms with Crippen molar-refractivity contribution in [3.05, 3.63) is 100 Å². The van der Waals surface area contributed by atoms with Crippen molar-refractivity contribution in [1.82, 2.24) is 15.8 Å². The first-order valence-electron chi connectivity index (χ1n) is 9.94. The van der Waals surface area contributed by atoms with Crippen LogP contribution in [0, 0.1) is 0 Å². The number of H-pyrrole nitrogens is 1. The smallest absolute Gasteiger partial charge is 0.274 e. The highest BCUT2D eigenvalue weighted by atomic mass is 79.9. The van der Waals surface area contributed by atoms with Gasteiger partial charge >= 0.3 is 0 Å². The lowest BCUT2D eigenvalue weighted by molar-refractivity contribution is -0.118. The van der Waals surface area contributed by atoms with Crippen molar-refractivity contribution in [2.75, 3.05) is 5.32 Å². The number of anilines is 1. The van der Waals surface area contributed by atoms with Crippen molar-refractivity contribution in [3.8, 4) is 0 Å². The first-order chi connectivity index (χ1) is 16.0. The Morgan fingerprint density at radius 1 is 0.879 bits per heavy atom. The van der Waals surface area contributed by atoms with E-state index in [1.165, 1.54) is 24.3 Å². The van der Waals surface area contributed by atoms with Crippen molar-refractivity contribution in [3.63, 3.8) is 0 Å². The molecule has 0 aliphatic carbocycles. The van der Waals surface area contributed by atoms with Gasteiger partial charge in [0.1, 0.15) is 6.04 Å². The minimum absolute atomic E-state index is 0.189. The number of benzene rings is 3. The normalized spacial score (nSPS) is 11.6. The van der Waals surface area contributed by atoms with E-state index in [0.717, 1.165) is 15.4 Å². The standard InChI is InChI=1S/C24H19BrN4O4/c25-16-4-3-5-17(12-16)27-24(32)21(19-13-26-20-7-2-1-6-18(19)20)28-22(30)14-8-10-15(11-9-14)23(31)29-33/h1-13,21,26,33H,(H,27,32)(H,28,30)(H,29,31)/t21-/m0/s1. The fourth-order valence-corrected chi connectivity index (χ4v) is 3.85. The molecule has 3 aromatic carbocycles. The molecule has 0 unspecified atom stereocenters. The van der Waals surface area contributed by atoms with Crippen LogP contribution in [0.2, 0.25) is 0 Å². The fourth-order valence-electron chi connectivity index (χ4n) is 3.45. The number of nitrogens with one attached hydrogen (secondary N) is 4. The van der Waals surface area contributed by atoms with Crippen LogP contribution >= 0.6 is 15.9 Å². The van der Waals surface area contributed by atoms with Gasteiger partial charge in [-0.15, -0.1) is 0 Å². The number of hydroxylamine groups is 1. The maximum absolute atomic E-state index is 13.3. The molecule has 0 bridgehead atoms. The topological polar surface area (TPSA) is 123 Å². The van der Waals surface area contributed by atoms with Gasteiger partial charge in [0.05, 0.1) is 0 Å². The lowest BCUT2D eigenvalue weighted by atomic mass is 10.0. The molecule has 4 rings (SSSR count). The number of carbonyl (C=O) groups is 3. The number of aromatic amines is 1. The van der Waals surface area contributed by atoms with Crippen molar-refractivity contribution in [2.24, 2.45) is 0 Å². The Balaban J connectivity index is 1.64. The number of hydrogen-bond donors (Lipinski definition) is 5. The highest BCUT2D eigenvalue weighted by molar-refractivity contribution is 9.10. The molecule has 0 saturated carbocycles. The molecule has 0 radical (unpaired) electrons. The zero-order valence-electron chi connectivity index (χ0n) is 17.1. The Morgan fingerprint density at radius 2 is 1.58 bits per heavy atom. The quantitative estimate of drug-likeness (QED) is 0.199. The molecule has 4 aromatic rings. The monoisotopic (exact) mass is 506 g/mol. The third-order valence-corrected chi connectivity index (χ3v) is 5.57. The fraction of sp³-hybridized carbons (Fsp3) is 0.0417. The molecule has 1 aromatic heterocycles. The number of aromatic nitrogens is 1. The maximum atomic E-state index is 13.3. The second kappa shape index (κ2) is 9.68. The highest BCUT2D eigenvalue weighted by Gasteiger charge is 2.26. The molecule has 0 spiro atoms. The summed E-state index contributed by atoms with van der Waals surface area (Å²) in [6, 6.07) is 19.3. The molecule has 0 fully saturated rings. The van der Waals surface area contributed by atoms with Gasteiger partial charge in [-0.2, -0.15) is 0 Å². The molecule has 1 atom stereocenters. The summed E-state index contributed by atoms with van der Waals surface area (Å²) in [7, 11) is 0. The molecule has 3 amide bonds. The summed E-state index contributed by atoms with van der Waals surface area (Å²) in [4.78, 5) is 40.9. The molecule has 1 heterocycles. The van der Waals surface area contributed by atoms with Gasteiger partial charge in [-0.3, -0.25) is 19.6 Å². The summed E-state index contributed by atoms with van der Waals surface area (Å²) in [5.74, 6) is -1.60. The van der Waals surface area contributed by atoms with E-state index < -0.39 is 23.8 Å². The summed E-state index contributed by atoms with van der Waals surface area (Å²) >= 11 is 3.38. The Labute approximate surface area is 197 Å². The Hall–Kier alpha value is -3.95. The number of fused-ring (bicyclic) bond motifs is 1. The van der Waals surface area contributed by atoms with Crippen LogP contribution in [-0.4, -0.2) is 27.9 Å². The van der Waals surface area contributed by atoms with Gasteiger partial charge in [0.25, 0.3) is 17.7 Å². The molecule has 33 heavy (non-hydrogen) atoms. The van der Waals surface area contributed by atoms with E-state index >= 15 is 0 Å². The molecule has 0 aliphatic heterocycles. The predicted octanol–water partition coefficient (Wildman–Crippen LogP) is 4.16. The number of para-hydroxylation sites is 1. The van der Waals surface area contributed by atoms with Gasteiger partial charge in [0.2, 0.25) is 0 Å². The van der Waals surface area contributed by atoms with Crippen LogP contribution in [0.1, 0.15) is 32.3 Å². The first-order valence-corrected chi connectivity index (χ1v) is 10.7. The molecule has 8 nitrogen and oxygen atoms in total. The number of hydrogen-bond acceptors (Lipinski definition) is 4. The number of carbonyl (C=O) groups excluding carboxylic acids is 3. The molecule has 5 N–H and O–H groups in total. The van der Waals surface area contributed by atoms with Crippen molar-refractivity contribution >= 4 is 50.2 Å². The third kappa shape index (κ3) is 4.94. The van der Waals surface area contributed by atoms with Crippen LogP contribution in [0.15, 0.2) is 83.5 Å². The van der Waals surface area contributed by atoms with E-state index in [9.17, 15) is 14.4 Å². The Morgan fingerprint density at radius 3 is 2.27 bits per heavy atom. The van der Waals surface area contributed by atoms with Crippen LogP contribution in [-0.2, 0) is 4.79 Å². The second-order valence-electron chi connectivity index (χ2n) is 7.21. The molecular formula is C24H19BrN4O4. The van der Waals surface area contributed by atoms with E-state index in [0.29, 0.717) is 11.3 Å². The van der Waals surface area contributed by atoms with E-state index in [2.05, 4.69) is 31.5 Å². The number of rotatable bonds is 6.